The number of hydrogen-bond acceptors (Lipinski definition) is 4. The zero-order valence-corrected chi connectivity index (χ0v) is 12.1. The number of hydrogen-bond donors (Lipinski definition) is 1. The fourth-order valence-electron chi connectivity index (χ4n) is 1.18. The predicted molar refractivity (Wildman–Crippen MR) is 69.4 cm³/mol. The minimum absolute atomic E-state index is 0.0686. The van der Waals surface area contributed by atoms with E-state index in [0.717, 1.165) is 29.0 Å². The summed E-state index contributed by atoms with van der Waals surface area (Å²) in [6.45, 7) is 6.75. The summed E-state index contributed by atoms with van der Waals surface area (Å²) in [5.41, 5.74) is 0.628. The smallest absolute Gasteiger partial charge is 0.264 e. The van der Waals surface area contributed by atoms with Gasteiger partial charge in [0.2, 0.25) is 0 Å². The van der Waals surface area contributed by atoms with Gasteiger partial charge in [-0.3, -0.25) is 4.79 Å². The molecule has 0 bridgehead atoms. The Bertz CT molecular complexity index is 359. The van der Waals surface area contributed by atoms with Crippen LogP contribution in [-0.4, -0.2) is 27.4 Å². The monoisotopic (exact) mass is 305 g/mol. The molecule has 1 amide bonds. The van der Waals surface area contributed by atoms with Gasteiger partial charge in [0, 0.05) is 17.3 Å². The summed E-state index contributed by atoms with van der Waals surface area (Å²) in [5.74, 6) is -0.0686. The minimum atomic E-state index is -0.144. The Labute approximate surface area is 108 Å². The lowest BCUT2D eigenvalue weighted by Gasteiger charge is -2.16. The first kappa shape index (κ1) is 13.6. The Kier molecular flexibility index (Phi) is 4.86. The van der Waals surface area contributed by atoms with Crippen LogP contribution in [0.3, 0.4) is 0 Å². The van der Waals surface area contributed by atoms with Gasteiger partial charge in [0.25, 0.3) is 5.91 Å². The molecule has 6 heteroatoms. The van der Waals surface area contributed by atoms with Gasteiger partial charge < -0.3 is 5.32 Å². The van der Waals surface area contributed by atoms with Crippen LogP contribution in [0.2, 0.25) is 0 Å². The number of rotatable bonds is 4. The third-order valence-corrected chi connectivity index (χ3v) is 3.29. The van der Waals surface area contributed by atoms with Gasteiger partial charge in [-0.15, -0.1) is 5.10 Å². The van der Waals surface area contributed by atoms with E-state index in [0.29, 0.717) is 11.4 Å². The molecular formula is C10H16BrN3OS. The molecule has 90 valence electrons. The van der Waals surface area contributed by atoms with Crippen LogP contribution >= 0.6 is 27.5 Å². The molecule has 1 heterocycles. The third kappa shape index (κ3) is 3.52. The molecule has 1 N–H and O–H groups in total. The Morgan fingerprint density at radius 1 is 1.50 bits per heavy atom. The zero-order valence-electron chi connectivity index (χ0n) is 9.71. The van der Waals surface area contributed by atoms with Crippen LogP contribution in [0.5, 0.6) is 0 Å². The van der Waals surface area contributed by atoms with Crippen LogP contribution < -0.4 is 5.32 Å². The topological polar surface area (TPSA) is 54.9 Å². The number of amides is 1. The fourth-order valence-corrected chi connectivity index (χ4v) is 2.25. The lowest BCUT2D eigenvalue weighted by atomic mass is 9.91. The van der Waals surface area contributed by atoms with Crippen LogP contribution in [0.15, 0.2) is 0 Å². The van der Waals surface area contributed by atoms with Crippen LogP contribution in [0.4, 0.5) is 0 Å². The van der Waals surface area contributed by atoms with E-state index < -0.39 is 0 Å². The molecule has 0 unspecified atom stereocenters. The molecule has 0 fully saturated rings. The molecule has 16 heavy (non-hydrogen) atoms. The minimum Gasteiger partial charge on any atom is -0.351 e. The second kappa shape index (κ2) is 5.72. The molecule has 4 nitrogen and oxygen atoms in total. The van der Waals surface area contributed by atoms with E-state index in [1.54, 1.807) is 0 Å². The second-order valence-electron chi connectivity index (χ2n) is 4.50. The predicted octanol–water partition coefficient (Wildman–Crippen LogP) is 2.35. The molecule has 0 aliphatic carbocycles. The van der Waals surface area contributed by atoms with E-state index in [9.17, 15) is 4.79 Å². The first-order chi connectivity index (χ1) is 7.46. The van der Waals surface area contributed by atoms with Crippen LogP contribution in [0, 0.1) is 0 Å². The molecule has 1 aromatic heterocycles. The maximum Gasteiger partial charge on any atom is 0.264 e. The fraction of sp³-hybridized carbons (Fsp3) is 0.700. The average molecular weight is 306 g/mol. The highest BCUT2D eigenvalue weighted by molar-refractivity contribution is 9.09. The van der Waals surface area contributed by atoms with Crippen LogP contribution in [0.25, 0.3) is 0 Å². The number of aromatic nitrogens is 2. The number of nitrogens with zero attached hydrogens (tertiary/aromatic N) is 2. The van der Waals surface area contributed by atoms with Gasteiger partial charge in [-0.1, -0.05) is 41.2 Å². The van der Waals surface area contributed by atoms with E-state index in [-0.39, 0.29) is 11.3 Å². The first-order valence-corrected chi connectivity index (χ1v) is 7.03. The van der Waals surface area contributed by atoms with Gasteiger partial charge in [-0.05, 0) is 18.0 Å². The average Bonchev–Trinajstić information content (AvgIpc) is 2.65. The van der Waals surface area contributed by atoms with Crippen molar-refractivity contribution in [2.45, 2.75) is 32.6 Å². The van der Waals surface area contributed by atoms with Crippen molar-refractivity contribution in [2.24, 2.45) is 0 Å². The second-order valence-corrected chi connectivity index (χ2v) is 6.05. The highest BCUT2D eigenvalue weighted by atomic mass is 79.9. The van der Waals surface area contributed by atoms with Crippen molar-refractivity contribution in [3.05, 3.63) is 10.6 Å². The van der Waals surface area contributed by atoms with Gasteiger partial charge in [-0.25, -0.2) is 0 Å². The summed E-state index contributed by atoms with van der Waals surface area (Å²) in [4.78, 5) is 12.5. The summed E-state index contributed by atoms with van der Waals surface area (Å²) in [6.07, 6.45) is 0.919. The molecule has 0 atom stereocenters. The van der Waals surface area contributed by atoms with Gasteiger partial charge in [0.05, 0.1) is 5.69 Å². The third-order valence-electron chi connectivity index (χ3n) is 2.00. The molecule has 0 aliphatic rings. The SMILES string of the molecule is CC(C)(C)c1nnsc1C(=O)NCCCBr. The Balaban J connectivity index is 2.73. The van der Waals surface area contributed by atoms with E-state index in [1.165, 1.54) is 0 Å². The Morgan fingerprint density at radius 3 is 2.75 bits per heavy atom. The van der Waals surface area contributed by atoms with Crippen molar-refractivity contribution < 1.29 is 4.79 Å². The normalized spacial score (nSPS) is 11.5. The van der Waals surface area contributed by atoms with E-state index in [2.05, 4.69) is 30.8 Å². The quantitative estimate of drug-likeness (QED) is 0.686. The molecule has 0 saturated carbocycles. The standard InChI is InChI=1S/C10H16BrN3OS/c1-10(2,3)8-7(16-14-13-8)9(15)12-6-4-5-11/h4-6H2,1-3H3,(H,12,15). The van der Waals surface area contributed by atoms with Crippen molar-refractivity contribution in [3.8, 4) is 0 Å². The van der Waals surface area contributed by atoms with E-state index in [4.69, 9.17) is 0 Å². The highest BCUT2D eigenvalue weighted by Crippen LogP contribution is 2.25. The maximum atomic E-state index is 11.9. The number of halogens is 1. The molecule has 0 saturated heterocycles. The number of alkyl halides is 1. The lowest BCUT2D eigenvalue weighted by Crippen LogP contribution is -2.27. The van der Waals surface area contributed by atoms with Crippen LogP contribution in [0.1, 0.15) is 42.6 Å². The maximum absolute atomic E-state index is 11.9. The summed E-state index contributed by atoms with van der Waals surface area (Å²) in [7, 11) is 0. The largest absolute Gasteiger partial charge is 0.351 e. The van der Waals surface area contributed by atoms with Gasteiger partial charge in [0.1, 0.15) is 4.88 Å². The molecule has 0 spiro atoms. The number of carbonyl (C=O) groups excluding carboxylic acids is 1. The van der Waals surface area contributed by atoms with Gasteiger partial charge in [0.15, 0.2) is 0 Å². The van der Waals surface area contributed by atoms with Gasteiger partial charge >= 0.3 is 0 Å². The molecule has 0 aliphatic heterocycles. The number of carbonyl (C=O) groups is 1. The lowest BCUT2D eigenvalue weighted by molar-refractivity contribution is 0.0955. The number of nitrogens with one attached hydrogen (secondary N) is 1. The summed E-state index contributed by atoms with van der Waals surface area (Å²) >= 11 is 4.48. The van der Waals surface area contributed by atoms with Crippen molar-refractivity contribution in [1.82, 2.24) is 14.9 Å². The highest BCUT2D eigenvalue weighted by Gasteiger charge is 2.25. The van der Waals surface area contributed by atoms with Crippen molar-refractivity contribution in [1.29, 1.82) is 0 Å². The van der Waals surface area contributed by atoms with E-state index >= 15 is 0 Å². The van der Waals surface area contributed by atoms with Crippen molar-refractivity contribution in [3.63, 3.8) is 0 Å². The summed E-state index contributed by atoms with van der Waals surface area (Å²) < 4.78 is 3.86. The van der Waals surface area contributed by atoms with E-state index in [1.807, 2.05) is 20.8 Å². The molecule has 0 aromatic carbocycles. The molecule has 1 rings (SSSR count). The summed E-state index contributed by atoms with van der Waals surface area (Å²) in [6, 6.07) is 0. The molecule has 0 radical (unpaired) electrons. The first-order valence-electron chi connectivity index (χ1n) is 5.14. The van der Waals surface area contributed by atoms with Gasteiger partial charge in [-0.2, -0.15) is 0 Å². The Hall–Kier alpha value is -0.490. The molecule has 1 aromatic rings. The summed E-state index contributed by atoms with van der Waals surface area (Å²) in [5, 5.41) is 7.78. The zero-order chi connectivity index (χ0) is 12.2. The van der Waals surface area contributed by atoms with Crippen molar-refractivity contribution >= 4 is 33.4 Å². The van der Waals surface area contributed by atoms with Crippen LogP contribution in [-0.2, 0) is 5.41 Å². The Morgan fingerprint density at radius 2 is 2.19 bits per heavy atom. The van der Waals surface area contributed by atoms with Crippen molar-refractivity contribution in [2.75, 3.05) is 11.9 Å². The molecular weight excluding hydrogens is 290 g/mol.